The lowest BCUT2D eigenvalue weighted by molar-refractivity contribution is -0.146. The molecule has 0 atom stereocenters. The molecule has 7 heteroatoms. The maximum absolute atomic E-state index is 11.8. The second-order valence-electron chi connectivity index (χ2n) is 3.55. The van der Waals surface area contributed by atoms with Crippen molar-refractivity contribution in [3.63, 3.8) is 0 Å². The van der Waals surface area contributed by atoms with Crippen molar-refractivity contribution in [2.45, 2.75) is 13.5 Å². The fraction of sp³-hybridized carbons (Fsp3) is 0.364. The zero-order chi connectivity index (χ0) is 13.5. The van der Waals surface area contributed by atoms with E-state index in [1.165, 1.54) is 11.2 Å². The van der Waals surface area contributed by atoms with Crippen LogP contribution in [-0.2, 0) is 16.1 Å². The van der Waals surface area contributed by atoms with Crippen LogP contribution in [0, 0.1) is 0 Å². The van der Waals surface area contributed by atoms with Crippen LogP contribution in [0.25, 0.3) is 0 Å². The highest BCUT2D eigenvalue weighted by molar-refractivity contribution is 7.80. The number of rotatable bonds is 5. The van der Waals surface area contributed by atoms with Crippen LogP contribution in [0.4, 0.5) is 0 Å². The molecule has 2 amide bonds. The molecule has 0 aromatic carbocycles. The van der Waals surface area contributed by atoms with Crippen LogP contribution in [-0.4, -0.2) is 34.8 Å². The summed E-state index contributed by atoms with van der Waals surface area (Å²) in [5.41, 5.74) is 5.24. The zero-order valence-electron chi connectivity index (χ0n) is 10.0. The number of hydrogen-bond acceptors (Lipinski definition) is 4. The minimum Gasteiger partial charge on any atom is -0.467 e. The van der Waals surface area contributed by atoms with E-state index in [2.05, 4.69) is 17.5 Å². The van der Waals surface area contributed by atoms with E-state index in [1.807, 2.05) is 0 Å². The van der Waals surface area contributed by atoms with Gasteiger partial charge < -0.3 is 20.4 Å². The summed E-state index contributed by atoms with van der Waals surface area (Å²) in [6, 6.07) is 3.46. The lowest BCUT2D eigenvalue weighted by atomic mass is 10.3. The Morgan fingerprint density at radius 2 is 2.28 bits per heavy atom. The lowest BCUT2D eigenvalue weighted by Crippen LogP contribution is -2.44. The number of nitrogens with one attached hydrogen (secondary N) is 1. The Morgan fingerprint density at radius 3 is 2.78 bits per heavy atom. The minimum atomic E-state index is -0.726. The van der Waals surface area contributed by atoms with E-state index in [4.69, 9.17) is 10.2 Å². The first kappa shape index (κ1) is 14.2. The summed E-state index contributed by atoms with van der Waals surface area (Å²) in [5, 5.41) is 2.35. The van der Waals surface area contributed by atoms with Gasteiger partial charge in [0.15, 0.2) is 0 Å². The molecule has 0 saturated carbocycles. The first-order valence-corrected chi connectivity index (χ1v) is 5.83. The minimum absolute atomic E-state index is 0.0121. The topological polar surface area (TPSA) is 88.6 Å². The maximum atomic E-state index is 11.8. The Balaban J connectivity index is 2.56. The average Bonchev–Trinajstić information content (AvgIpc) is 2.84. The molecule has 1 aromatic heterocycles. The molecule has 0 aliphatic rings. The van der Waals surface area contributed by atoms with Crippen LogP contribution in [0.15, 0.2) is 22.8 Å². The number of nitrogens with two attached hydrogens (primary N) is 1. The molecule has 0 spiro atoms. The number of thiocarbonyl (C=S) groups is 1. The van der Waals surface area contributed by atoms with Gasteiger partial charge in [-0.1, -0.05) is 12.2 Å². The van der Waals surface area contributed by atoms with Gasteiger partial charge in [0.2, 0.25) is 0 Å². The van der Waals surface area contributed by atoms with E-state index in [0.29, 0.717) is 12.3 Å². The van der Waals surface area contributed by atoms with Gasteiger partial charge in [-0.2, -0.15) is 0 Å². The highest BCUT2D eigenvalue weighted by atomic mass is 32.1. The molecule has 0 radical (unpaired) electrons. The van der Waals surface area contributed by atoms with Crippen molar-refractivity contribution < 1.29 is 14.0 Å². The monoisotopic (exact) mass is 269 g/mol. The number of carbonyl (C=O) groups is 2. The normalized spacial score (nSPS) is 9.83. The van der Waals surface area contributed by atoms with Crippen molar-refractivity contribution in [3.05, 3.63) is 24.2 Å². The molecular weight excluding hydrogens is 254 g/mol. The first-order valence-electron chi connectivity index (χ1n) is 5.42. The second kappa shape index (κ2) is 6.75. The molecule has 98 valence electrons. The zero-order valence-corrected chi connectivity index (χ0v) is 10.8. The molecule has 18 heavy (non-hydrogen) atoms. The molecule has 0 aliphatic carbocycles. The molecule has 1 aromatic rings. The van der Waals surface area contributed by atoms with E-state index in [0.717, 1.165) is 0 Å². The maximum Gasteiger partial charge on any atom is 0.312 e. The van der Waals surface area contributed by atoms with Crippen LogP contribution in [0.1, 0.15) is 12.7 Å². The smallest absolute Gasteiger partial charge is 0.312 e. The van der Waals surface area contributed by atoms with Gasteiger partial charge in [-0.05, 0) is 19.1 Å². The van der Waals surface area contributed by atoms with Gasteiger partial charge in [-0.3, -0.25) is 9.59 Å². The fourth-order valence-electron chi connectivity index (χ4n) is 1.30. The number of hydrogen-bond donors (Lipinski definition) is 2. The van der Waals surface area contributed by atoms with E-state index >= 15 is 0 Å². The second-order valence-corrected chi connectivity index (χ2v) is 4.07. The van der Waals surface area contributed by atoms with Crippen LogP contribution in [0.5, 0.6) is 0 Å². The molecule has 0 saturated heterocycles. The molecule has 1 heterocycles. The molecular formula is C11H15N3O3S. The van der Waals surface area contributed by atoms with Gasteiger partial charge >= 0.3 is 11.8 Å². The predicted molar refractivity (Wildman–Crippen MR) is 69.6 cm³/mol. The Hall–Kier alpha value is -1.89. The molecule has 3 N–H and O–H groups in total. The van der Waals surface area contributed by atoms with E-state index < -0.39 is 11.8 Å². The summed E-state index contributed by atoms with van der Waals surface area (Å²) in [6.45, 7) is 2.45. The van der Waals surface area contributed by atoms with Crippen LogP contribution < -0.4 is 11.1 Å². The number of amides is 2. The SMILES string of the molecule is CCN(Cc1ccco1)C(=O)C(=O)NCC(N)=S. The van der Waals surface area contributed by atoms with Crippen molar-refractivity contribution >= 4 is 29.0 Å². The van der Waals surface area contributed by atoms with Crippen molar-refractivity contribution in [1.82, 2.24) is 10.2 Å². The third-order valence-corrected chi connectivity index (χ3v) is 2.36. The molecule has 1 rings (SSSR count). The highest BCUT2D eigenvalue weighted by Crippen LogP contribution is 2.05. The number of carbonyl (C=O) groups excluding carboxylic acids is 2. The summed E-state index contributed by atoms with van der Waals surface area (Å²) in [6.07, 6.45) is 1.51. The highest BCUT2D eigenvalue weighted by Gasteiger charge is 2.21. The third-order valence-electron chi connectivity index (χ3n) is 2.21. The lowest BCUT2D eigenvalue weighted by Gasteiger charge is -2.18. The van der Waals surface area contributed by atoms with Gasteiger partial charge in [0.05, 0.1) is 24.3 Å². The van der Waals surface area contributed by atoms with Gasteiger partial charge in [0, 0.05) is 6.54 Å². The van der Waals surface area contributed by atoms with E-state index in [-0.39, 0.29) is 18.1 Å². The Morgan fingerprint density at radius 1 is 1.56 bits per heavy atom. The quantitative estimate of drug-likeness (QED) is 0.581. The van der Waals surface area contributed by atoms with Crippen molar-refractivity contribution in [2.75, 3.05) is 13.1 Å². The van der Waals surface area contributed by atoms with Crippen LogP contribution in [0.3, 0.4) is 0 Å². The molecule has 0 aliphatic heterocycles. The largest absolute Gasteiger partial charge is 0.467 e. The summed E-state index contributed by atoms with van der Waals surface area (Å²) in [7, 11) is 0. The van der Waals surface area contributed by atoms with Gasteiger partial charge in [-0.15, -0.1) is 0 Å². The van der Waals surface area contributed by atoms with Crippen molar-refractivity contribution in [1.29, 1.82) is 0 Å². The Bertz CT molecular complexity index is 431. The Kier molecular flexibility index (Phi) is 5.31. The summed E-state index contributed by atoms with van der Waals surface area (Å²) in [4.78, 5) is 24.8. The fourth-order valence-corrected chi connectivity index (χ4v) is 1.38. The molecule has 0 bridgehead atoms. The van der Waals surface area contributed by atoms with E-state index in [9.17, 15) is 9.59 Å². The van der Waals surface area contributed by atoms with Gasteiger partial charge in [0.1, 0.15) is 5.76 Å². The summed E-state index contributed by atoms with van der Waals surface area (Å²) in [5.74, 6) is -0.742. The predicted octanol–water partition coefficient (Wildman–Crippen LogP) is 0.0304. The third kappa shape index (κ3) is 4.17. The number of nitrogens with zero attached hydrogens (tertiary/aromatic N) is 1. The summed E-state index contributed by atoms with van der Waals surface area (Å²) < 4.78 is 5.13. The standard InChI is InChI=1S/C11H15N3O3S/c1-2-14(7-8-4-3-5-17-8)11(16)10(15)13-6-9(12)18/h3-5H,2,6-7H2,1H3,(H2,12,18)(H,13,15). The van der Waals surface area contributed by atoms with Gasteiger partial charge in [-0.25, -0.2) is 0 Å². The number of furan rings is 1. The van der Waals surface area contributed by atoms with Crippen molar-refractivity contribution in [3.8, 4) is 0 Å². The van der Waals surface area contributed by atoms with Crippen LogP contribution in [0.2, 0.25) is 0 Å². The Labute approximate surface area is 110 Å². The summed E-state index contributed by atoms with van der Waals surface area (Å²) >= 11 is 4.61. The average molecular weight is 269 g/mol. The molecule has 0 unspecified atom stereocenters. The number of likely N-dealkylation sites (N-methyl/N-ethyl adjacent to an activating group) is 1. The van der Waals surface area contributed by atoms with Gasteiger partial charge in [0.25, 0.3) is 0 Å². The molecule has 6 nitrogen and oxygen atoms in total. The first-order chi connectivity index (χ1) is 8.54. The van der Waals surface area contributed by atoms with Crippen molar-refractivity contribution in [2.24, 2.45) is 5.73 Å². The molecule has 0 fully saturated rings. The van der Waals surface area contributed by atoms with E-state index in [1.54, 1.807) is 19.1 Å². The van der Waals surface area contributed by atoms with Crippen LogP contribution >= 0.6 is 12.2 Å².